The van der Waals surface area contributed by atoms with E-state index in [4.69, 9.17) is 21.4 Å². The quantitative estimate of drug-likeness (QED) is 0.703. The van der Waals surface area contributed by atoms with Crippen LogP contribution in [-0.2, 0) is 13.6 Å². The molecule has 7 nitrogen and oxygen atoms in total. The van der Waals surface area contributed by atoms with E-state index in [0.717, 1.165) is 0 Å². The van der Waals surface area contributed by atoms with E-state index in [1.54, 1.807) is 35.9 Å². The van der Waals surface area contributed by atoms with Crippen molar-refractivity contribution in [3.8, 4) is 11.7 Å². The van der Waals surface area contributed by atoms with E-state index in [0.29, 0.717) is 16.3 Å². The zero-order chi connectivity index (χ0) is 16.2. The molecule has 0 fully saturated rings. The molecule has 23 heavy (non-hydrogen) atoms. The molecule has 0 aliphatic rings. The van der Waals surface area contributed by atoms with Gasteiger partial charge in [-0.25, -0.2) is 0 Å². The molecule has 0 unspecified atom stereocenters. The number of carbonyl (C=O) groups excluding carboxylic acids is 1. The molecule has 0 spiro atoms. The molecule has 3 aromatic rings. The molecule has 3 rings (SSSR count). The smallest absolute Gasteiger partial charge is 0.290 e. The number of amides is 1. The van der Waals surface area contributed by atoms with Crippen LogP contribution in [0.15, 0.2) is 46.9 Å². The van der Waals surface area contributed by atoms with Gasteiger partial charge in [-0.15, -0.1) is 0 Å². The number of aromatic nitrogens is 3. The van der Waals surface area contributed by atoms with E-state index < -0.39 is 0 Å². The van der Waals surface area contributed by atoms with Crippen LogP contribution in [0.4, 0.5) is 0 Å². The van der Waals surface area contributed by atoms with Crippen LogP contribution in [0.5, 0.6) is 11.7 Å². The molecule has 1 aromatic carbocycles. The van der Waals surface area contributed by atoms with Crippen molar-refractivity contribution < 1.29 is 13.9 Å². The first kappa shape index (κ1) is 15.0. The number of furan rings is 1. The standard InChI is InChI=1S/C15H14N4O3S/c1-19-12(17-18-15(19)23)9-16-14(20)11-7-8-13(22-11)21-10-5-3-2-4-6-10/h2-8H,9H2,1H3,(H,16,20)(H,18,23). The Morgan fingerprint density at radius 2 is 2.13 bits per heavy atom. The fourth-order valence-corrected chi connectivity index (χ4v) is 2.04. The van der Waals surface area contributed by atoms with Crippen LogP contribution in [-0.4, -0.2) is 20.7 Å². The van der Waals surface area contributed by atoms with Gasteiger partial charge in [0.2, 0.25) is 0 Å². The highest BCUT2D eigenvalue weighted by Gasteiger charge is 2.13. The molecule has 0 bridgehead atoms. The molecule has 0 aliphatic heterocycles. The van der Waals surface area contributed by atoms with E-state index >= 15 is 0 Å². The highest BCUT2D eigenvalue weighted by molar-refractivity contribution is 7.71. The highest BCUT2D eigenvalue weighted by Crippen LogP contribution is 2.23. The molecular formula is C15H14N4O3S. The van der Waals surface area contributed by atoms with Crippen LogP contribution in [0.25, 0.3) is 0 Å². The van der Waals surface area contributed by atoms with Gasteiger partial charge in [0.15, 0.2) is 16.4 Å². The second-order valence-electron chi connectivity index (χ2n) is 4.72. The highest BCUT2D eigenvalue weighted by atomic mass is 32.1. The lowest BCUT2D eigenvalue weighted by molar-refractivity contribution is 0.0917. The number of benzene rings is 1. The lowest BCUT2D eigenvalue weighted by Crippen LogP contribution is -2.24. The Morgan fingerprint density at radius 3 is 2.83 bits per heavy atom. The van der Waals surface area contributed by atoms with Crippen molar-refractivity contribution in [1.29, 1.82) is 0 Å². The Kier molecular flexibility index (Phi) is 4.24. The summed E-state index contributed by atoms with van der Waals surface area (Å²) >= 11 is 5.01. The number of H-pyrrole nitrogens is 1. The molecule has 0 radical (unpaired) electrons. The zero-order valence-electron chi connectivity index (χ0n) is 12.3. The van der Waals surface area contributed by atoms with Crippen LogP contribution in [0.1, 0.15) is 16.4 Å². The predicted octanol–water partition coefficient (Wildman–Crippen LogP) is 2.79. The van der Waals surface area contributed by atoms with Crippen molar-refractivity contribution in [2.75, 3.05) is 0 Å². The summed E-state index contributed by atoms with van der Waals surface area (Å²) in [6.07, 6.45) is 0. The maximum Gasteiger partial charge on any atom is 0.290 e. The van der Waals surface area contributed by atoms with E-state index in [1.165, 1.54) is 0 Å². The summed E-state index contributed by atoms with van der Waals surface area (Å²) in [6, 6.07) is 12.3. The van der Waals surface area contributed by atoms with Crippen molar-refractivity contribution in [3.63, 3.8) is 0 Å². The molecule has 8 heteroatoms. The first-order valence-corrected chi connectivity index (χ1v) is 7.25. The summed E-state index contributed by atoms with van der Waals surface area (Å²) in [6.45, 7) is 0.234. The summed E-state index contributed by atoms with van der Waals surface area (Å²) in [5.41, 5.74) is 0. The molecule has 2 aromatic heterocycles. The number of carbonyl (C=O) groups is 1. The molecule has 118 valence electrons. The second kappa shape index (κ2) is 6.49. The normalized spacial score (nSPS) is 10.5. The minimum absolute atomic E-state index is 0.160. The van der Waals surface area contributed by atoms with Gasteiger partial charge in [0, 0.05) is 13.1 Å². The summed E-state index contributed by atoms with van der Waals surface area (Å²) in [5, 5.41) is 9.38. The third-order valence-corrected chi connectivity index (χ3v) is 3.51. The van der Waals surface area contributed by atoms with E-state index in [1.807, 2.05) is 18.2 Å². The number of para-hydroxylation sites is 1. The Morgan fingerprint density at radius 1 is 1.35 bits per heavy atom. The van der Waals surface area contributed by atoms with Crippen molar-refractivity contribution >= 4 is 18.1 Å². The fraction of sp³-hybridized carbons (Fsp3) is 0.133. The second-order valence-corrected chi connectivity index (χ2v) is 5.11. The Balaban J connectivity index is 1.62. The number of nitrogens with one attached hydrogen (secondary N) is 2. The van der Waals surface area contributed by atoms with Gasteiger partial charge in [0.05, 0.1) is 6.54 Å². The lowest BCUT2D eigenvalue weighted by atomic mass is 10.3. The summed E-state index contributed by atoms with van der Waals surface area (Å²) in [5.74, 6) is 1.31. The average molecular weight is 330 g/mol. The largest absolute Gasteiger partial charge is 0.426 e. The van der Waals surface area contributed by atoms with Crippen LogP contribution < -0.4 is 10.1 Å². The molecule has 2 N–H and O–H groups in total. The number of rotatable bonds is 5. The fourth-order valence-electron chi connectivity index (χ4n) is 1.89. The van der Waals surface area contributed by atoms with Gasteiger partial charge in [-0.3, -0.25) is 9.89 Å². The monoisotopic (exact) mass is 330 g/mol. The Hall–Kier alpha value is -2.87. The molecule has 0 atom stereocenters. The van der Waals surface area contributed by atoms with Crippen LogP contribution in [0.3, 0.4) is 0 Å². The van der Waals surface area contributed by atoms with Gasteiger partial charge < -0.3 is 19.0 Å². The third kappa shape index (κ3) is 3.49. The van der Waals surface area contributed by atoms with E-state index in [2.05, 4.69) is 15.5 Å². The number of ether oxygens (including phenoxy) is 1. The number of hydrogen-bond donors (Lipinski definition) is 2. The Labute approximate surface area is 136 Å². The van der Waals surface area contributed by atoms with Gasteiger partial charge in [0.1, 0.15) is 5.75 Å². The maximum absolute atomic E-state index is 12.1. The summed E-state index contributed by atoms with van der Waals surface area (Å²) in [4.78, 5) is 12.1. The first-order chi connectivity index (χ1) is 11.1. The van der Waals surface area contributed by atoms with Crippen LogP contribution in [0, 0.1) is 4.77 Å². The topological polar surface area (TPSA) is 85.1 Å². The minimum Gasteiger partial charge on any atom is -0.426 e. The van der Waals surface area contributed by atoms with Crippen molar-refractivity contribution in [1.82, 2.24) is 20.1 Å². The molecule has 0 saturated heterocycles. The van der Waals surface area contributed by atoms with E-state index in [9.17, 15) is 4.79 Å². The maximum atomic E-state index is 12.1. The van der Waals surface area contributed by atoms with Gasteiger partial charge in [-0.1, -0.05) is 18.2 Å². The summed E-state index contributed by atoms with van der Waals surface area (Å²) in [7, 11) is 1.77. The summed E-state index contributed by atoms with van der Waals surface area (Å²) < 4.78 is 13.1. The number of nitrogens with zero attached hydrogens (tertiary/aromatic N) is 2. The molecular weight excluding hydrogens is 316 g/mol. The van der Waals surface area contributed by atoms with Gasteiger partial charge in [-0.05, 0) is 30.4 Å². The van der Waals surface area contributed by atoms with E-state index in [-0.39, 0.29) is 24.2 Å². The van der Waals surface area contributed by atoms with Crippen LogP contribution >= 0.6 is 12.2 Å². The molecule has 0 saturated carbocycles. The Bertz CT molecular complexity index is 866. The van der Waals surface area contributed by atoms with Crippen molar-refractivity contribution in [2.45, 2.75) is 6.54 Å². The third-order valence-electron chi connectivity index (χ3n) is 3.15. The van der Waals surface area contributed by atoms with Gasteiger partial charge in [0.25, 0.3) is 11.9 Å². The number of hydrogen-bond acceptors (Lipinski definition) is 5. The molecule has 2 heterocycles. The van der Waals surface area contributed by atoms with Crippen LogP contribution in [0.2, 0.25) is 0 Å². The van der Waals surface area contributed by atoms with Crippen molar-refractivity contribution in [2.24, 2.45) is 7.05 Å². The first-order valence-electron chi connectivity index (χ1n) is 6.84. The van der Waals surface area contributed by atoms with Gasteiger partial charge in [-0.2, -0.15) is 5.10 Å². The number of aromatic amines is 1. The van der Waals surface area contributed by atoms with Gasteiger partial charge >= 0.3 is 0 Å². The zero-order valence-corrected chi connectivity index (χ0v) is 13.1. The van der Waals surface area contributed by atoms with Crippen molar-refractivity contribution in [3.05, 3.63) is 58.8 Å². The SMILES string of the molecule is Cn1c(CNC(=O)c2ccc(Oc3ccccc3)o2)n[nH]c1=S. The minimum atomic E-state index is -0.359. The molecule has 0 aliphatic carbocycles. The molecule has 1 amide bonds. The average Bonchev–Trinajstić information content (AvgIpc) is 3.15. The lowest BCUT2D eigenvalue weighted by Gasteiger charge is -2.03. The predicted molar refractivity (Wildman–Crippen MR) is 84.8 cm³/mol.